The van der Waals surface area contributed by atoms with Crippen molar-refractivity contribution in [2.45, 2.75) is 12.8 Å². The molecule has 1 nitrogen and oxygen atoms in total. The molecule has 0 saturated carbocycles. The Morgan fingerprint density at radius 2 is 1.71 bits per heavy atom. The fourth-order valence-electron chi connectivity index (χ4n) is 1.69. The second-order valence-electron chi connectivity index (χ2n) is 4.14. The first kappa shape index (κ1) is 16.7. The maximum absolute atomic E-state index is 12.9. The number of hydrogen-bond acceptors (Lipinski definition) is 1. The van der Waals surface area contributed by atoms with Crippen LogP contribution in [-0.4, -0.2) is 0 Å². The predicted molar refractivity (Wildman–Crippen MR) is 85.0 cm³/mol. The van der Waals surface area contributed by atoms with Gasteiger partial charge >= 0.3 is 6.18 Å². The van der Waals surface area contributed by atoms with Gasteiger partial charge in [-0.05, 0) is 40.8 Å². The number of benzene rings is 2. The van der Waals surface area contributed by atoms with E-state index in [-0.39, 0.29) is 17.2 Å². The van der Waals surface area contributed by atoms with Gasteiger partial charge in [-0.2, -0.15) is 13.2 Å². The van der Waals surface area contributed by atoms with Gasteiger partial charge in [-0.15, -0.1) is 0 Å². The fourth-order valence-corrected chi connectivity index (χ4v) is 2.57. The zero-order valence-corrected chi connectivity index (χ0v) is 14.0. The molecule has 0 unspecified atom stereocenters. The quantitative estimate of drug-likeness (QED) is 0.403. The van der Waals surface area contributed by atoms with E-state index in [1.54, 1.807) is 6.07 Å². The first-order chi connectivity index (χ1) is 9.79. The summed E-state index contributed by atoms with van der Waals surface area (Å²) >= 11 is 13.8. The first-order valence-corrected chi connectivity index (χ1v) is 7.55. The summed E-state index contributed by atoms with van der Waals surface area (Å²) in [6, 6.07) is 8.34. The van der Waals surface area contributed by atoms with Gasteiger partial charge in [0.15, 0.2) is 0 Å². The van der Waals surface area contributed by atoms with Crippen LogP contribution in [0.1, 0.15) is 11.1 Å². The molecule has 0 aliphatic carbocycles. The molecule has 0 bridgehead atoms. The van der Waals surface area contributed by atoms with Crippen molar-refractivity contribution in [3.63, 3.8) is 0 Å². The summed E-state index contributed by atoms with van der Waals surface area (Å²) in [5.74, 6) is 0.294. The topological polar surface area (TPSA) is 9.23 Å². The van der Waals surface area contributed by atoms with Crippen LogP contribution in [0.4, 0.5) is 13.2 Å². The molecular weight excluding hydrogens is 439 g/mol. The van der Waals surface area contributed by atoms with E-state index in [1.165, 1.54) is 24.3 Å². The standard InChI is InChI=1S/C14H8Cl2F3IO/c15-10-5-11(16)13(6-12(10)20)21-7-8-3-1-2-4-9(8)14(17,18)19/h1-6H,7H2. The number of hydrogen-bond donors (Lipinski definition) is 0. The molecular formula is C14H8Cl2F3IO. The van der Waals surface area contributed by atoms with E-state index in [0.29, 0.717) is 14.3 Å². The molecule has 21 heavy (non-hydrogen) atoms. The Bertz CT molecular complexity index is 659. The van der Waals surface area contributed by atoms with Gasteiger partial charge in [-0.3, -0.25) is 0 Å². The minimum absolute atomic E-state index is 0.0472. The zero-order valence-electron chi connectivity index (χ0n) is 10.3. The normalized spacial score (nSPS) is 11.5. The molecule has 0 amide bonds. The fraction of sp³-hybridized carbons (Fsp3) is 0.143. The van der Waals surface area contributed by atoms with Gasteiger partial charge in [-0.1, -0.05) is 41.4 Å². The van der Waals surface area contributed by atoms with E-state index >= 15 is 0 Å². The number of alkyl halides is 3. The van der Waals surface area contributed by atoms with Gasteiger partial charge in [0.1, 0.15) is 12.4 Å². The van der Waals surface area contributed by atoms with E-state index in [9.17, 15) is 13.2 Å². The summed E-state index contributed by atoms with van der Waals surface area (Å²) in [6.45, 7) is -0.229. The molecule has 0 heterocycles. The highest BCUT2D eigenvalue weighted by Crippen LogP contribution is 2.35. The Labute approximate surface area is 143 Å². The molecule has 0 aromatic heterocycles. The number of ether oxygens (including phenoxy) is 1. The molecule has 112 valence electrons. The Balaban J connectivity index is 2.23. The van der Waals surface area contributed by atoms with Crippen LogP contribution in [0, 0.1) is 3.57 Å². The van der Waals surface area contributed by atoms with Crippen LogP contribution in [0.3, 0.4) is 0 Å². The third-order valence-corrected chi connectivity index (χ3v) is 4.50. The van der Waals surface area contributed by atoms with Gasteiger partial charge in [0.25, 0.3) is 0 Å². The molecule has 0 fully saturated rings. The summed E-state index contributed by atoms with van der Waals surface area (Å²) in [5.41, 5.74) is -0.671. The lowest BCUT2D eigenvalue weighted by atomic mass is 10.1. The molecule has 0 aliphatic rings. The smallest absolute Gasteiger partial charge is 0.416 e. The summed E-state index contributed by atoms with van der Waals surface area (Å²) in [5, 5.41) is 0.716. The van der Waals surface area contributed by atoms with E-state index in [4.69, 9.17) is 27.9 Å². The Hall–Kier alpha value is -0.660. The minimum atomic E-state index is -4.42. The highest BCUT2D eigenvalue weighted by Gasteiger charge is 2.33. The summed E-state index contributed by atoms with van der Waals surface area (Å²) in [7, 11) is 0. The average Bonchev–Trinajstić information content (AvgIpc) is 2.41. The van der Waals surface area contributed by atoms with Crippen molar-refractivity contribution in [1.82, 2.24) is 0 Å². The second-order valence-corrected chi connectivity index (χ2v) is 6.12. The van der Waals surface area contributed by atoms with Crippen LogP contribution in [-0.2, 0) is 12.8 Å². The van der Waals surface area contributed by atoms with Gasteiger partial charge < -0.3 is 4.74 Å². The molecule has 0 N–H and O–H groups in total. The Morgan fingerprint density at radius 1 is 1.05 bits per heavy atom. The SMILES string of the molecule is FC(F)(F)c1ccccc1COc1cc(I)c(Cl)cc1Cl. The maximum Gasteiger partial charge on any atom is 0.416 e. The van der Waals surface area contributed by atoms with Gasteiger partial charge in [0.2, 0.25) is 0 Å². The van der Waals surface area contributed by atoms with E-state index in [0.717, 1.165) is 6.07 Å². The lowest BCUT2D eigenvalue weighted by Crippen LogP contribution is -2.10. The molecule has 0 atom stereocenters. The lowest BCUT2D eigenvalue weighted by molar-refractivity contribution is -0.138. The van der Waals surface area contributed by atoms with Crippen molar-refractivity contribution >= 4 is 45.8 Å². The summed E-state index contributed by atoms with van der Waals surface area (Å²) in [4.78, 5) is 0. The Kier molecular flexibility index (Phi) is 5.27. The van der Waals surface area contributed by atoms with Crippen molar-refractivity contribution in [2.24, 2.45) is 0 Å². The van der Waals surface area contributed by atoms with Crippen LogP contribution < -0.4 is 4.74 Å². The second kappa shape index (κ2) is 6.62. The van der Waals surface area contributed by atoms with Crippen molar-refractivity contribution in [1.29, 1.82) is 0 Å². The van der Waals surface area contributed by atoms with E-state index in [1.807, 2.05) is 22.6 Å². The van der Waals surface area contributed by atoms with Crippen LogP contribution in [0.5, 0.6) is 5.75 Å². The molecule has 0 spiro atoms. The molecule has 0 saturated heterocycles. The van der Waals surface area contributed by atoms with Crippen molar-refractivity contribution < 1.29 is 17.9 Å². The molecule has 0 radical (unpaired) electrons. The molecule has 7 heteroatoms. The summed E-state index contributed by atoms with van der Waals surface area (Å²) in [6.07, 6.45) is -4.42. The monoisotopic (exact) mass is 446 g/mol. The van der Waals surface area contributed by atoms with Crippen molar-refractivity contribution in [3.8, 4) is 5.75 Å². The zero-order chi connectivity index (χ0) is 15.6. The molecule has 0 aliphatic heterocycles. The lowest BCUT2D eigenvalue weighted by Gasteiger charge is -2.14. The minimum Gasteiger partial charge on any atom is -0.487 e. The molecule has 2 aromatic rings. The first-order valence-electron chi connectivity index (χ1n) is 5.71. The van der Waals surface area contributed by atoms with E-state index < -0.39 is 11.7 Å². The van der Waals surface area contributed by atoms with Gasteiger partial charge in [-0.25, -0.2) is 0 Å². The van der Waals surface area contributed by atoms with Crippen molar-refractivity contribution in [2.75, 3.05) is 0 Å². The van der Waals surface area contributed by atoms with Crippen LogP contribution in [0.15, 0.2) is 36.4 Å². The molecule has 2 aromatic carbocycles. The van der Waals surface area contributed by atoms with Gasteiger partial charge in [0.05, 0.1) is 15.6 Å². The van der Waals surface area contributed by atoms with Gasteiger partial charge in [0, 0.05) is 9.13 Å². The highest BCUT2D eigenvalue weighted by atomic mass is 127. The van der Waals surface area contributed by atoms with E-state index in [2.05, 4.69) is 0 Å². The summed E-state index contributed by atoms with van der Waals surface area (Å²) < 4.78 is 44.7. The molecule has 2 rings (SSSR count). The number of halogens is 6. The largest absolute Gasteiger partial charge is 0.487 e. The average molecular weight is 447 g/mol. The predicted octanol–water partition coefficient (Wildman–Crippen LogP) is 6.20. The highest BCUT2D eigenvalue weighted by molar-refractivity contribution is 14.1. The third kappa shape index (κ3) is 4.17. The van der Waals surface area contributed by atoms with Crippen LogP contribution in [0.25, 0.3) is 0 Å². The number of rotatable bonds is 3. The maximum atomic E-state index is 12.9. The van der Waals surface area contributed by atoms with Crippen LogP contribution >= 0.6 is 45.8 Å². The van der Waals surface area contributed by atoms with Crippen LogP contribution in [0.2, 0.25) is 10.0 Å². The third-order valence-electron chi connectivity index (χ3n) is 2.68. The Morgan fingerprint density at radius 3 is 2.38 bits per heavy atom. The van der Waals surface area contributed by atoms with Crippen molar-refractivity contribution in [3.05, 3.63) is 61.1 Å².